The minimum absolute atomic E-state index is 0.752. The maximum Gasteiger partial charge on any atom is 0.174 e. The van der Waals surface area contributed by atoms with Gasteiger partial charge in [0.15, 0.2) is 5.82 Å². The number of nitrogen functional groups attached to an aromatic ring is 1. The molecule has 56 valence electrons. The summed E-state index contributed by atoms with van der Waals surface area (Å²) < 4.78 is 0. The number of aromatic nitrogens is 4. The van der Waals surface area contributed by atoms with E-state index in [1.54, 1.807) is 0 Å². The van der Waals surface area contributed by atoms with Gasteiger partial charge in [-0.2, -0.15) is 0 Å². The van der Waals surface area contributed by atoms with Crippen molar-refractivity contribution in [3.8, 4) is 0 Å². The molecule has 0 radical (unpaired) electrons. The van der Waals surface area contributed by atoms with E-state index in [0.717, 1.165) is 25.1 Å². The molecule has 1 aromatic rings. The summed E-state index contributed by atoms with van der Waals surface area (Å²) in [5, 5.41) is 10.6. The SMILES string of the molecule is CCCCc1nnnn1N. The topological polar surface area (TPSA) is 69.6 Å². The maximum absolute atomic E-state index is 5.36. The Hall–Kier alpha value is -1.13. The molecule has 0 unspecified atom stereocenters. The molecule has 0 aromatic carbocycles. The van der Waals surface area contributed by atoms with Crippen LogP contribution in [-0.4, -0.2) is 20.3 Å². The van der Waals surface area contributed by atoms with Gasteiger partial charge in [-0.15, -0.1) is 9.89 Å². The molecule has 0 atom stereocenters. The van der Waals surface area contributed by atoms with Crippen LogP contribution in [-0.2, 0) is 6.42 Å². The number of hydrogen-bond acceptors (Lipinski definition) is 4. The molecule has 0 amide bonds. The molecule has 0 saturated heterocycles. The van der Waals surface area contributed by atoms with Crippen LogP contribution in [0.3, 0.4) is 0 Å². The van der Waals surface area contributed by atoms with Crippen LogP contribution in [0.2, 0.25) is 0 Å². The molecule has 0 bridgehead atoms. The molecular weight excluding hydrogens is 130 g/mol. The first-order valence-electron chi connectivity index (χ1n) is 3.37. The largest absolute Gasteiger partial charge is 0.320 e. The van der Waals surface area contributed by atoms with E-state index in [1.165, 1.54) is 4.79 Å². The van der Waals surface area contributed by atoms with Gasteiger partial charge in [-0.05, 0) is 16.8 Å². The molecule has 0 spiro atoms. The van der Waals surface area contributed by atoms with Gasteiger partial charge >= 0.3 is 0 Å². The van der Waals surface area contributed by atoms with Crippen LogP contribution >= 0.6 is 0 Å². The summed E-state index contributed by atoms with van der Waals surface area (Å²) in [4.78, 5) is 1.22. The number of unbranched alkanes of at least 4 members (excludes halogenated alkanes) is 1. The number of nitrogens with two attached hydrogens (primary N) is 1. The van der Waals surface area contributed by atoms with Crippen molar-refractivity contribution in [2.45, 2.75) is 26.2 Å². The smallest absolute Gasteiger partial charge is 0.174 e. The normalized spacial score (nSPS) is 10.1. The second-order valence-corrected chi connectivity index (χ2v) is 2.14. The summed E-state index contributed by atoms with van der Waals surface area (Å²) in [6.07, 6.45) is 3.07. The van der Waals surface area contributed by atoms with E-state index in [9.17, 15) is 0 Å². The summed E-state index contributed by atoms with van der Waals surface area (Å²) in [5.74, 6) is 6.11. The van der Waals surface area contributed by atoms with Gasteiger partial charge in [0.2, 0.25) is 0 Å². The molecule has 1 aromatic heterocycles. The van der Waals surface area contributed by atoms with Crippen LogP contribution in [0.15, 0.2) is 0 Å². The fourth-order valence-electron chi connectivity index (χ4n) is 0.712. The zero-order valence-electron chi connectivity index (χ0n) is 5.99. The number of nitrogens with zero attached hydrogens (tertiary/aromatic N) is 4. The predicted octanol–water partition coefficient (Wildman–Crippen LogP) is -0.270. The van der Waals surface area contributed by atoms with Crippen LogP contribution < -0.4 is 5.84 Å². The summed E-state index contributed by atoms with van der Waals surface area (Å²) >= 11 is 0. The lowest BCUT2D eigenvalue weighted by Gasteiger charge is -1.93. The molecule has 0 aliphatic carbocycles. The summed E-state index contributed by atoms with van der Waals surface area (Å²) in [7, 11) is 0. The molecule has 0 aliphatic rings. The molecule has 0 aliphatic heterocycles. The number of hydrogen-bond donors (Lipinski definition) is 1. The van der Waals surface area contributed by atoms with Gasteiger partial charge in [0.1, 0.15) is 0 Å². The van der Waals surface area contributed by atoms with Gasteiger partial charge in [-0.1, -0.05) is 13.3 Å². The van der Waals surface area contributed by atoms with E-state index in [0.29, 0.717) is 0 Å². The second kappa shape index (κ2) is 3.14. The molecule has 10 heavy (non-hydrogen) atoms. The van der Waals surface area contributed by atoms with Crippen molar-refractivity contribution in [2.75, 3.05) is 5.84 Å². The van der Waals surface area contributed by atoms with Crippen molar-refractivity contribution in [3.63, 3.8) is 0 Å². The second-order valence-electron chi connectivity index (χ2n) is 2.14. The van der Waals surface area contributed by atoms with Crippen LogP contribution in [0, 0.1) is 0 Å². The highest BCUT2D eigenvalue weighted by atomic mass is 15.6. The lowest BCUT2D eigenvalue weighted by atomic mass is 10.2. The highest BCUT2D eigenvalue weighted by Gasteiger charge is 1.99. The van der Waals surface area contributed by atoms with E-state index in [2.05, 4.69) is 22.4 Å². The Balaban J connectivity index is 2.49. The Bertz CT molecular complexity index is 194. The first kappa shape index (κ1) is 6.98. The Morgan fingerprint density at radius 1 is 1.60 bits per heavy atom. The minimum atomic E-state index is 0.752. The fourth-order valence-corrected chi connectivity index (χ4v) is 0.712. The highest BCUT2D eigenvalue weighted by molar-refractivity contribution is 4.79. The van der Waals surface area contributed by atoms with Crippen molar-refractivity contribution in [3.05, 3.63) is 5.82 Å². The first-order valence-corrected chi connectivity index (χ1v) is 3.37. The van der Waals surface area contributed by atoms with Crippen molar-refractivity contribution in [2.24, 2.45) is 0 Å². The van der Waals surface area contributed by atoms with Crippen LogP contribution in [0.5, 0.6) is 0 Å². The molecule has 0 saturated carbocycles. The zero-order valence-corrected chi connectivity index (χ0v) is 5.99. The molecule has 5 nitrogen and oxygen atoms in total. The van der Waals surface area contributed by atoms with Crippen molar-refractivity contribution in [1.29, 1.82) is 0 Å². The molecule has 0 fully saturated rings. The molecule has 1 rings (SSSR count). The Morgan fingerprint density at radius 2 is 2.40 bits per heavy atom. The summed E-state index contributed by atoms with van der Waals surface area (Å²) in [6, 6.07) is 0. The standard InChI is InChI=1S/C5H11N5/c1-2-3-4-5-7-8-9-10(5)6/h2-4,6H2,1H3. The van der Waals surface area contributed by atoms with Gasteiger partial charge in [0, 0.05) is 6.42 Å². The zero-order chi connectivity index (χ0) is 7.40. The van der Waals surface area contributed by atoms with Gasteiger partial charge in [-0.3, -0.25) is 0 Å². The Kier molecular flexibility index (Phi) is 2.20. The van der Waals surface area contributed by atoms with Crippen LogP contribution in [0.25, 0.3) is 0 Å². The van der Waals surface area contributed by atoms with Crippen LogP contribution in [0.1, 0.15) is 25.6 Å². The number of aryl methyl sites for hydroxylation is 1. The molecule has 2 N–H and O–H groups in total. The third-order valence-corrected chi connectivity index (χ3v) is 1.31. The van der Waals surface area contributed by atoms with E-state index in [-0.39, 0.29) is 0 Å². The van der Waals surface area contributed by atoms with Crippen molar-refractivity contribution in [1.82, 2.24) is 20.3 Å². The Labute approximate surface area is 59.2 Å². The highest BCUT2D eigenvalue weighted by Crippen LogP contribution is 1.95. The maximum atomic E-state index is 5.36. The average molecular weight is 141 g/mol. The van der Waals surface area contributed by atoms with E-state index >= 15 is 0 Å². The van der Waals surface area contributed by atoms with E-state index in [4.69, 9.17) is 5.84 Å². The number of rotatable bonds is 3. The average Bonchev–Trinajstić information content (AvgIpc) is 2.31. The van der Waals surface area contributed by atoms with Crippen LogP contribution in [0.4, 0.5) is 0 Å². The van der Waals surface area contributed by atoms with Gasteiger partial charge < -0.3 is 5.84 Å². The molecule has 5 heteroatoms. The third-order valence-electron chi connectivity index (χ3n) is 1.31. The monoisotopic (exact) mass is 141 g/mol. The minimum Gasteiger partial charge on any atom is -0.320 e. The van der Waals surface area contributed by atoms with Gasteiger partial charge in [0.25, 0.3) is 0 Å². The van der Waals surface area contributed by atoms with E-state index in [1.807, 2.05) is 0 Å². The lowest BCUT2D eigenvalue weighted by molar-refractivity contribution is 0.688. The van der Waals surface area contributed by atoms with Gasteiger partial charge in [-0.25, -0.2) is 0 Å². The summed E-state index contributed by atoms with van der Waals surface area (Å²) in [5.41, 5.74) is 0. The third kappa shape index (κ3) is 1.43. The number of tetrazole rings is 1. The predicted molar refractivity (Wildman–Crippen MR) is 36.6 cm³/mol. The Morgan fingerprint density at radius 3 is 2.90 bits per heavy atom. The summed E-state index contributed by atoms with van der Waals surface area (Å²) in [6.45, 7) is 2.12. The molecule has 1 heterocycles. The lowest BCUT2D eigenvalue weighted by Crippen LogP contribution is -2.14. The fraction of sp³-hybridized carbons (Fsp3) is 0.800. The van der Waals surface area contributed by atoms with Gasteiger partial charge in [0.05, 0.1) is 0 Å². The van der Waals surface area contributed by atoms with E-state index < -0.39 is 0 Å². The first-order chi connectivity index (χ1) is 4.84. The van der Waals surface area contributed by atoms with Crippen molar-refractivity contribution >= 4 is 0 Å². The quantitative estimate of drug-likeness (QED) is 0.588. The van der Waals surface area contributed by atoms with Crippen molar-refractivity contribution < 1.29 is 0 Å². The molecular formula is C5H11N5.